The lowest BCUT2D eigenvalue weighted by molar-refractivity contribution is 0.169. The number of aliphatic hydroxyl groups is 1. The van der Waals surface area contributed by atoms with Gasteiger partial charge in [-0.1, -0.05) is 19.9 Å². The van der Waals surface area contributed by atoms with Crippen molar-refractivity contribution in [1.82, 2.24) is 9.03 Å². The minimum atomic E-state index is -3.80. The Hall–Kier alpha value is -1.09. The van der Waals surface area contributed by atoms with Crippen molar-refractivity contribution >= 4 is 10.2 Å². The molecule has 2 N–H and O–H groups in total. The Labute approximate surface area is 135 Å². The van der Waals surface area contributed by atoms with Gasteiger partial charge in [-0.05, 0) is 30.4 Å². The molecule has 1 aromatic rings. The first kappa shape index (κ1) is 18.3. The van der Waals surface area contributed by atoms with Gasteiger partial charge in [0.15, 0.2) is 0 Å². The molecule has 5 nitrogen and oxygen atoms in total. The Morgan fingerprint density at radius 2 is 1.78 bits per heavy atom. The van der Waals surface area contributed by atoms with E-state index < -0.39 is 40.1 Å². The molecule has 23 heavy (non-hydrogen) atoms. The third-order valence-electron chi connectivity index (χ3n) is 3.97. The lowest BCUT2D eigenvalue weighted by Crippen LogP contribution is -2.48. The van der Waals surface area contributed by atoms with Gasteiger partial charge in [-0.15, -0.1) is 0 Å². The van der Waals surface area contributed by atoms with E-state index in [0.717, 1.165) is 18.6 Å². The van der Waals surface area contributed by atoms with E-state index in [1.165, 1.54) is 10.4 Å². The van der Waals surface area contributed by atoms with Crippen LogP contribution in [0.4, 0.5) is 8.78 Å². The third kappa shape index (κ3) is 4.47. The third-order valence-corrected chi connectivity index (χ3v) is 5.48. The molecule has 2 rings (SSSR count). The largest absolute Gasteiger partial charge is 0.387 e. The molecule has 0 aliphatic carbocycles. The highest BCUT2D eigenvalue weighted by atomic mass is 32.2. The van der Waals surface area contributed by atoms with E-state index in [4.69, 9.17) is 0 Å². The van der Waals surface area contributed by atoms with Gasteiger partial charge >= 0.3 is 0 Å². The van der Waals surface area contributed by atoms with Gasteiger partial charge in [-0.2, -0.15) is 17.4 Å². The highest BCUT2D eigenvalue weighted by molar-refractivity contribution is 7.87. The number of hydrogen-bond acceptors (Lipinski definition) is 3. The second kappa shape index (κ2) is 7.21. The fourth-order valence-corrected chi connectivity index (χ4v) is 4.46. The number of rotatable bonds is 5. The van der Waals surface area contributed by atoms with Crippen LogP contribution in [0.15, 0.2) is 18.2 Å². The molecule has 1 saturated heterocycles. The molecule has 1 aliphatic heterocycles. The zero-order chi connectivity index (χ0) is 17.2. The number of aliphatic hydroxyl groups excluding tert-OH is 1. The summed E-state index contributed by atoms with van der Waals surface area (Å²) < 4.78 is 55.3. The van der Waals surface area contributed by atoms with E-state index in [1.807, 2.05) is 13.8 Å². The predicted molar refractivity (Wildman–Crippen MR) is 82.8 cm³/mol. The first-order valence-corrected chi connectivity index (χ1v) is 9.01. The zero-order valence-corrected chi connectivity index (χ0v) is 14.0. The Kier molecular flexibility index (Phi) is 5.72. The van der Waals surface area contributed by atoms with Gasteiger partial charge in [0, 0.05) is 19.6 Å². The van der Waals surface area contributed by atoms with E-state index in [0.29, 0.717) is 13.1 Å². The van der Waals surface area contributed by atoms with Crippen molar-refractivity contribution in [3.63, 3.8) is 0 Å². The average Bonchev–Trinajstić information content (AvgIpc) is 2.44. The second-order valence-corrected chi connectivity index (χ2v) is 8.02. The maximum absolute atomic E-state index is 13.6. The molecule has 1 aromatic carbocycles. The SMILES string of the molecule is C[C@H]1C[C@H](C)CN(S(=O)(=O)NC[C@@H](O)c2c(F)cccc2F)C1. The molecule has 1 aliphatic rings. The quantitative estimate of drug-likeness (QED) is 0.853. The minimum Gasteiger partial charge on any atom is -0.387 e. The van der Waals surface area contributed by atoms with Crippen LogP contribution in [-0.4, -0.2) is 37.5 Å². The van der Waals surface area contributed by atoms with E-state index in [1.54, 1.807) is 0 Å². The number of piperidine rings is 1. The molecular formula is C15H22F2N2O3S. The first-order chi connectivity index (χ1) is 10.7. The molecule has 0 aromatic heterocycles. The van der Waals surface area contributed by atoms with Crippen LogP contribution in [0.3, 0.4) is 0 Å². The summed E-state index contributed by atoms with van der Waals surface area (Å²) in [5.41, 5.74) is -0.532. The molecule has 0 spiro atoms. The van der Waals surface area contributed by atoms with Crippen LogP contribution in [0, 0.1) is 23.5 Å². The van der Waals surface area contributed by atoms with Crippen molar-refractivity contribution in [2.45, 2.75) is 26.4 Å². The van der Waals surface area contributed by atoms with E-state index in [2.05, 4.69) is 4.72 Å². The van der Waals surface area contributed by atoms with Crippen LogP contribution >= 0.6 is 0 Å². The Morgan fingerprint density at radius 3 is 2.30 bits per heavy atom. The lowest BCUT2D eigenvalue weighted by Gasteiger charge is -2.34. The van der Waals surface area contributed by atoms with Gasteiger partial charge in [0.25, 0.3) is 10.2 Å². The standard InChI is InChI=1S/C15H22F2N2O3S/c1-10-6-11(2)9-19(8-10)23(21,22)18-7-14(20)15-12(16)4-3-5-13(15)17/h3-5,10-11,14,18,20H,6-9H2,1-2H3/t10-,11-,14+/m0/s1. The van der Waals surface area contributed by atoms with E-state index in [-0.39, 0.29) is 11.8 Å². The van der Waals surface area contributed by atoms with Crippen LogP contribution < -0.4 is 4.72 Å². The second-order valence-electron chi connectivity index (χ2n) is 6.27. The molecular weight excluding hydrogens is 326 g/mol. The molecule has 0 unspecified atom stereocenters. The average molecular weight is 348 g/mol. The van der Waals surface area contributed by atoms with Crippen molar-refractivity contribution in [2.75, 3.05) is 19.6 Å². The van der Waals surface area contributed by atoms with Gasteiger partial charge in [0.2, 0.25) is 0 Å². The molecule has 0 saturated carbocycles. The van der Waals surface area contributed by atoms with Crippen LogP contribution in [0.2, 0.25) is 0 Å². The Morgan fingerprint density at radius 1 is 1.26 bits per heavy atom. The Bertz CT molecular complexity index is 624. The molecule has 3 atom stereocenters. The summed E-state index contributed by atoms with van der Waals surface area (Å²) in [6, 6.07) is 3.22. The number of benzene rings is 1. The summed E-state index contributed by atoms with van der Waals surface area (Å²) in [4.78, 5) is 0. The van der Waals surface area contributed by atoms with E-state index >= 15 is 0 Å². The molecule has 0 bridgehead atoms. The summed E-state index contributed by atoms with van der Waals surface area (Å²) >= 11 is 0. The van der Waals surface area contributed by atoms with Crippen LogP contribution in [0.1, 0.15) is 31.9 Å². The molecule has 0 radical (unpaired) electrons. The van der Waals surface area contributed by atoms with Gasteiger partial charge < -0.3 is 5.11 Å². The van der Waals surface area contributed by atoms with Gasteiger partial charge in [-0.25, -0.2) is 8.78 Å². The van der Waals surface area contributed by atoms with Crippen molar-refractivity contribution in [2.24, 2.45) is 11.8 Å². The van der Waals surface area contributed by atoms with Crippen molar-refractivity contribution in [1.29, 1.82) is 0 Å². The highest BCUT2D eigenvalue weighted by Crippen LogP contribution is 2.24. The lowest BCUT2D eigenvalue weighted by atomic mass is 9.94. The summed E-state index contributed by atoms with van der Waals surface area (Å²) in [5, 5.41) is 9.92. The number of nitrogens with one attached hydrogen (secondary N) is 1. The molecule has 8 heteroatoms. The van der Waals surface area contributed by atoms with Gasteiger partial charge in [-0.3, -0.25) is 0 Å². The monoisotopic (exact) mass is 348 g/mol. The molecule has 0 amide bonds. The molecule has 1 fully saturated rings. The highest BCUT2D eigenvalue weighted by Gasteiger charge is 2.31. The maximum atomic E-state index is 13.6. The smallest absolute Gasteiger partial charge is 0.279 e. The van der Waals surface area contributed by atoms with Crippen LogP contribution in [0.5, 0.6) is 0 Å². The van der Waals surface area contributed by atoms with Crippen molar-refractivity contribution in [3.05, 3.63) is 35.4 Å². The summed E-state index contributed by atoms with van der Waals surface area (Å²) in [6.45, 7) is 4.25. The molecule has 130 valence electrons. The van der Waals surface area contributed by atoms with Crippen LogP contribution in [0.25, 0.3) is 0 Å². The fraction of sp³-hybridized carbons (Fsp3) is 0.600. The Balaban J connectivity index is 2.04. The summed E-state index contributed by atoms with van der Waals surface area (Å²) in [7, 11) is -3.80. The van der Waals surface area contributed by atoms with Crippen molar-refractivity contribution in [3.8, 4) is 0 Å². The molecule has 1 heterocycles. The maximum Gasteiger partial charge on any atom is 0.279 e. The number of hydrogen-bond donors (Lipinski definition) is 2. The van der Waals surface area contributed by atoms with E-state index in [9.17, 15) is 22.3 Å². The summed E-state index contributed by atoms with van der Waals surface area (Å²) in [6.07, 6.45) is -0.639. The predicted octanol–water partition coefficient (Wildman–Crippen LogP) is 1.81. The first-order valence-electron chi connectivity index (χ1n) is 7.57. The summed E-state index contributed by atoms with van der Waals surface area (Å²) in [5.74, 6) is -1.33. The topological polar surface area (TPSA) is 69.6 Å². The normalized spacial score (nSPS) is 24.6. The number of halogens is 2. The minimum absolute atomic E-state index is 0.240. The number of nitrogens with zero attached hydrogens (tertiary/aromatic N) is 1. The zero-order valence-electron chi connectivity index (χ0n) is 13.2. The van der Waals surface area contributed by atoms with Crippen LogP contribution in [-0.2, 0) is 10.2 Å². The van der Waals surface area contributed by atoms with Gasteiger partial charge in [0.1, 0.15) is 11.6 Å². The van der Waals surface area contributed by atoms with Gasteiger partial charge in [0.05, 0.1) is 11.7 Å². The van der Waals surface area contributed by atoms with Crippen molar-refractivity contribution < 1.29 is 22.3 Å². The fourth-order valence-electron chi connectivity index (χ4n) is 3.01.